The summed E-state index contributed by atoms with van der Waals surface area (Å²) in [5, 5.41) is 0. The van der Waals surface area contributed by atoms with Gasteiger partial charge in [0, 0.05) is 12.2 Å². The summed E-state index contributed by atoms with van der Waals surface area (Å²) >= 11 is 0. The van der Waals surface area contributed by atoms with E-state index in [2.05, 4.69) is 21.5 Å². The van der Waals surface area contributed by atoms with Crippen LogP contribution in [-0.4, -0.2) is 14.5 Å². The molecule has 3 rings (SSSR count). The van der Waals surface area contributed by atoms with Crippen molar-refractivity contribution in [1.82, 2.24) is 14.5 Å². The molecule has 0 amide bonds. The molecule has 1 fully saturated rings. The lowest BCUT2D eigenvalue weighted by Gasteiger charge is -2.04. The Labute approximate surface area is 94.5 Å². The van der Waals surface area contributed by atoms with E-state index in [1.165, 1.54) is 19.3 Å². The van der Waals surface area contributed by atoms with Crippen molar-refractivity contribution >= 4 is 17.1 Å². The van der Waals surface area contributed by atoms with Gasteiger partial charge in [-0.25, -0.2) is 9.97 Å². The minimum atomic E-state index is 0.528. The Hall–Kier alpha value is -1.58. The highest BCUT2D eigenvalue weighted by molar-refractivity contribution is 5.74. The Kier molecular flexibility index (Phi) is 2.09. The SMILES string of the molecule is CCCC1CC1n1c(N)nc2cccnc21. The highest BCUT2D eigenvalue weighted by atomic mass is 15.2. The number of rotatable bonds is 3. The van der Waals surface area contributed by atoms with Crippen LogP contribution in [0.1, 0.15) is 32.2 Å². The van der Waals surface area contributed by atoms with Gasteiger partial charge in [0.2, 0.25) is 5.95 Å². The number of imidazole rings is 1. The smallest absolute Gasteiger partial charge is 0.202 e. The minimum Gasteiger partial charge on any atom is -0.369 e. The number of anilines is 1. The number of nitrogens with zero attached hydrogens (tertiary/aromatic N) is 3. The number of hydrogen-bond donors (Lipinski definition) is 1. The van der Waals surface area contributed by atoms with E-state index in [4.69, 9.17) is 5.73 Å². The van der Waals surface area contributed by atoms with Crippen molar-refractivity contribution in [3.05, 3.63) is 18.3 Å². The van der Waals surface area contributed by atoms with Gasteiger partial charge in [0.25, 0.3) is 0 Å². The molecule has 0 spiro atoms. The molecule has 2 unspecified atom stereocenters. The molecule has 2 aromatic rings. The Balaban J connectivity index is 2.01. The summed E-state index contributed by atoms with van der Waals surface area (Å²) in [6.07, 6.45) is 5.54. The minimum absolute atomic E-state index is 0.528. The van der Waals surface area contributed by atoms with Crippen LogP contribution >= 0.6 is 0 Å². The molecular formula is C12H16N4. The first-order valence-corrected chi connectivity index (χ1v) is 5.89. The number of aromatic nitrogens is 3. The normalized spacial score (nSPS) is 23.8. The first kappa shape index (κ1) is 9.63. The summed E-state index contributed by atoms with van der Waals surface area (Å²) in [4.78, 5) is 8.73. The molecule has 2 heterocycles. The maximum Gasteiger partial charge on any atom is 0.202 e. The fraction of sp³-hybridized carbons (Fsp3) is 0.500. The molecule has 0 radical (unpaired) electrons. The molecule has 4 nitrogen and oxygen atoms in total. The fourth-order valence-corrected chi connectivity index (χ4v) is 2.50. The summed E-state index contributed by atoms with van der Waals surface area (Å²) in [6.45, 7) is 2.23. The van der Waals surface area contributed by atoms with E-state index in [1.54, 1.807) is 6.20 Å². The zero-order valence-corrected chi connectivity index (χ0v) is 9.43. The van der Waals surface area contributed by atoms with E-state index < -0.39 is 0 Å². The second kappa shape index (κ2) is 3.47. The van der Waals surface area contributed by atoms with E-state index in [1.807, 2.05) is 12.1 Å². The van der Waals surface area contributed by atoms with E-state index in [-0.39, 0.29) is 0 Å². The lowest BCUT2D eigenvalue weighted by atomic mass is 10.2. The number of fused-ring (bicyclic) bond motifs is 1. The quantitative estimate of drug-likeness (QED) is 0.857. The molecule has 0 bridgehead atoms. The third-order valence-corrected chi connectivity index (χ3v) is 3.35. The van der Waals surface area contributed by atoms with E-state index in [0.717, 1.165) is 17.1 Å². The van der Waals surface area contributed by atoms with Crippen LogP contribution in [0.2, 0.25) is 0 Å². The van der Waals surface area contributed by atoms with Crippen molar-refractivity contribution in [1.29, 1.82) is 0 Å². The monoisotopic (exact) mass is 216 g/mol. The van der Waals surface area contributed by atoms with Gasteiger partial charge in [-0.15, -0.1) is 0 Å². The Bertz CT molecular complexity index is 517. The second-order valence-electron chi connectivity index (χ2n) is 4.54. The molecule has 1 saturated carbocycles. The lowest BCUT2D eigenvalue weighted by Crippen LogP contribution is -2.03. The van der Waals surface area contributed by atoms with Gasteiger partial charge in [0.15, 0.2) is 5.65 Å². The Morgan fingerprint density at radius 1 is 1.56 bits per heavy atom. The lowest BCUT2D eigenvalue weighted by molar-refractivity contribution is 0.620. The Morgan fingerprint density at radius 2 is 2.44 bits per heavy atom. The van der Waals surface area contributed by atoms with Crippen molar-refractivity contribution in [2.24, 2.45) is 5.92 Å². The van der Waals surface area contributed by atoms with Crippen LogP contribution in [0.4, 0.5) is 5.95 Å². The summed E-state index contributed by atoms with van der Waals surface area (Å²) in [6, 6.07) is 4.39. The molecule has 84 valence electrons. The van der Waals surface area contributed by atoms with Crippen LogP contribution in [0.15, 0.2) is 18.3 Å². The number of pyridine rings is 1. The highest BCUT2D eigenvalue weighted by Gasteiger charge is 2.39. The van der Waals surface area contributed by atoms with Crippen molar-refractivity contribution in [3.8, 4) is 0 Å². The zero-order valence-electron chi connectivity index (χ0n) is 9.43. The van der Waals surface area contributed by atoms with Crippen molar-refractivity contribution < 1.29 is 0 Å². The first-order chi connectivity index (χ1) is 7.81. The predicted octanol–water partition coefficient (Wildman–Crippen LogP) is 2.37. The van der Waals surface area contributed by atoms with Crippen molar-refractivity contribution in [2.45, 2.75) is 32.2 Å². The molecular weight excluding hydrogens is 200 g/mol. The summed E-state index contributed by atoms with van der Waals surface area (Å²) in [7, 11) is 0. The zero-order chi connectivity index (χ0) is 11.1. The molecule has 0 aliphatic heterocycles. The average molecular weight is 216 g/mol. The maximum absolute atomic E-state index is 5.96. The molecule has 2 N–H and O–H groups in total. The van der Waals surface area contributed by atoms with E-state index >= 15 is 0 Å². The van der Waals surface area contributed by atoms with Crippen LogP contribution in [0.3, 0.4) is 0 Å². The third kappa shape index (κ3) is 1.37. The number of nitrogen functional groups attached to an aromatic ring is 1. The van der Waals surface area contributed by atoms with Crippen LogP contribution in [-0.2, 0) is 0 Å². The number of nitrogens with two attached hydrogens (primary N) is 1. The van der Waals surface area contributed by atoms with Gasteiger partial charge in [-0.3, -0.25) is 4.57 Å². The fourth-order valence-electron chi connectivity index (χ4n) is 2.50. The number of hydrogen-bond acceptors (Lipinski definition) is 3. The van der Waals surface area contributed by atoms with Crippen LogP contribution < -0.4 is 5.73 Å². The van der Waals surface area contributed by atoms with Crippen molar-refractivity contribution in [3.63, 3.8) is 0 Å². The summed E-state index contributed by atoms with van der Waals surface area (Å²) < 4.78 is 2.11. The van der Waals surface area contributed by atoms with Gasteiger partial charge < -0.3 is 5.73 Å². The highest BCUT2D eigenvalue weighted by Crippen LogP contribution is 2.48. The third-order valence-electron chi connectivity index (χ3n) is 3.35. The molecule has 1 aliphatic carbocycles. The average Bonchev–Trinajstić information content (AvgIpc) is 2.92. The molecule has 4 heteroatoms. The first-order valence-electron chi connectivity index (χ1n) is 5.89. The van der Waals surface area contributed by atoms with Gasteiger partial charge >= 0.3 is 0 Å². The van der Waals surface area contributed by atoms with Gasteiger partial charge in [-0.05, 0) is 30.9 Å². The predicted molar refractivity (Wildman–Crippen MR) is 64.0 cm³/mol. The Morgan fingerprint density at radius 3 is 3.25 bits per heavy atom. The molecule has 2 atom stereocenters. The van der Waals surface area contributed by atoms with Crippen LogP contribution in [0, 0.1) is 5.92 Å². The van der Waals surface area contributed by atoms with E-state index in [0.29, 0.717) is 12.0 Å². The van der Waals surface area contributed by atoms with Crippen molar-refractivity contribution in [2.75, 3.05) is 5.73 Å². The largest absolute Gasteiger partial charge is 0.369 e. The second-order valence-corrected chi connectivity index (χ2v) is 4.54. The van der Waals surface area contributed by atoms with E-state index in [9.17, 15) is 0 Å². The molecule has 16 heavy (non-hydrogen) atoms. The molecule has 1 aliphatic rings. The standard InChI is InChI=1S/C12H16N4/c1-2-4-8-7-10(8)16-11-9(15-12(16)13)5-3-6-14-11/h3,5-6,8,10H,2,4,7H2,1H3,(H2,13,15). The summed E-state index contributed by atoms with van der Waals surface area (Å²) in [5.41, 5.74) is 7.80. The van der Waals surface area contributed by atoms with Crippen LogP contribution in [0.25, 0.3) is 11.2 Å². The molecule has 0 saturated heterocycles. The maximum atomic E-state index is 5.96. The van der Waals surface area contributed by atoms with Gasteiger partial charge in [-0.2, -0.15) is 0 Å². The van der Waals surface area contributed by atoms with Gasteiger partial charge in [-0.1, -0.05) is 13.3 Å². The molecule has 2 aromatic heterocycles. The summed E-state index contributed by atoms with van der Waals surface area (Å²) in [5.74, 6) is 1.38. The van der Waals surface area contributed by atoms with Gasteiger partial charge in [0.05, 0.1) is 0 Å². The van der Waals surface area contributed by atoms with Gasteiger partial charge in [0.1, 0.15) is 5.52 Å². The molecule has 0 aromatic carbocycles. The topological polar surface area (TPSA) is 56.7 Å². The van der Waals surface area contributed by atoms with Crippen LogP contribution in [0.5, 0.6) is 0 Å².